The van der Waals surface area contributed by atoms with E-state index in [0.29, 0.717) is 17.8 Å². The first-order valence-electron chi connectivity index (χ1n) is 8.83. The standard InChI is InChI=1S/C21H17ClF3N3O2/c22-18-8-5-16(21(23,24)25)10-19(18)30-13-14-3-6-17(7-4-14)28-20(29)27-12-15-2-1-9-26-11-15/h1-11H,12-13H2,(H2,27,28,29). The molecule has 0 spiro atoms. The lowest BCUT2D eigenvalue weighted by Crippen LogP contribution is -2.28. The first kappa shape index (κ1) is 21.4. The van der Waals surface area contributed by atoms with Crippen molar-refractivity contribution in [2.45, 2.75) is 19.3 Å². The molecular weight excluding hydrogens is 419 g/mol. The highest BCUT2D eigenvalue weighted by Gasteiger charge is 2.31. The maximum atomic E-state index is 12.8. The Morgan fingerprint density at radius 2 is 1.83 bits per heavy atom. The number of carbonyl (C=O) groups excluding carboxylic acids is 1. The van der Waals surface area contributed by atoms with E-state index in [-0.39, 0.29) is 23.4 Å². The Labute approximate surface area is 175 Å². The van der Waals surface area contributed by atoms with Crippen LogP contribution in [0.2, 0.25) is 5.02 Å². The van der Waals surface area contributed by atoms with Crippen LogP contribution in [0.1, 0.15) is 16.7 Å². The molecule has 0 fully saturated rings. The number of halogens is 4. The van der Waals surface area contributed by atoms with Crippen molar-refractivity contribution in [1.29, 1.82) is 0 Å². The monoisotopic (exact) mass is 435 g/mol. The number of anilines is 1. The van der Waals surface area contributed by atoms with Crippen LogP contribution in [0.3, 0.4) is 0 Å². The average molecular weight is 436 g/mol. The van der Waals surface area contributed by atoms with E-state index in [2.05, 4.69) is 15.6 Å². The molecule has 0 aliphatic heterocycles. The molecule has 2 N–H and O–H groups in total. The minimum absolute atomic E-state index is 0.0223. The quantitative estimate of drug-likeness (QED) is 0.525. The third-order valence-corrected chi connectivity index (χ3v) is 4.35. The van der Waals surface area contributed by atoms with E-state index in [1.54, 1.807) is 42.7 Å². The molecule has 30 heavy (non-hydrogen) atoms. The minimum Gasteiger partial charge on any atom is -0.487 e. The molecule has 5 nitrogen and oxygen atoms in total. The van der Waals surface area contributed by atoms with Crippen LogP contribution in [0.5, 0.6) is 5.75 Å². The number of aromatic nitrogens is 1. The highest BCUT2D eigenvalue weighted by molar-refractivity contribution is 6.32. The number of nitrogens with zero attached hydrogens (tertiary/aromatic N) is 1. The minimum atomic E-state index is -4.48. The zero-order valence-electron chi connectivity index (χ0n) is 15.5. The molecule has 3 aromatic rings. The van der Waals surface area contributed by atoms with Crippen LogP contribution in [0.4, 0.5) is 23.7 Å². The van der Waals surface area contributed by atoms with Gasteiger partial charge in [0.15, 0.2) is 0 Å². The summed E-state index contributed by atoms with van der Waals surface area (Å²) in [6.45, 7) is 0.359. The predicted molar refractivity (Wildman–Crippen MR) is 107 cm³/mol. The lowest BCUT2D eigenvalue weighted by Gasteiger charge is -2.12. The maximum Gasteiger partial charge on any atom is 0.416 e. The molecule has 3 rings (SSSR count). The van der Waals surface area contributed by atoms with Crippen molar-refractivity contribution < 1.29 is 22.7 Å². The van der Waals surface area contributed by atoms with Gasteiger partial charge in [0, 0.05) is 24.6 Å². The fourth-order valence-corrected chi connectivity index (χ4v) is 2.67. The van der Waals surface area contributed by atoms with E-state index >= 15 is 0 Å². The second-order valence-corrected chi connectivity index (χ2v) is 6.70. The summed E-state index contributed by atoms with van der Waals surface area (Å²) in [7, 11) is 0. The molecular formula is C21H17ClF3N3O2. The van der Waals surface area contributed by atoms with Gasteiger partial charge in [-0.3, -0.25) is 4.98 Å². The van der Waals surface area contributed by atoms with E-state index in [4.69, 9.17) is 16.3 Å². The Bertz CT molecular complexity index is 997. The molecule has 1 heterocycles. The van der Waals surface area contributed by atoms with Gasteiger partial charge in [-0.25, -0.2) is 4.79 Å². The maximum absolute atomic E-state index is 12.8. The summed E-state index contributed by atoms with van der Waals surface area (Å²) in [6.07, 6.45) is -1.17. The van der Waals surface area contributed by atoms with Gasteiger partial charge in [-0.1, -0.05) is 29.8 Å². The van der Waals surface area contributed by atoms with E-state index in [9.17, 15) is 18.0 Å². The predicted octanol–water partition coefficient (Wildman–Crippen LogP) is 5.65. The number of nitrogens with one attached hydrogen (secondary N) is 2. The largest absolute Gasteiger partial charge is 0.487 e. The van der Waals surface area contributed by atoms with Crippen molar-refractivity contribution in [3.8, 4) is 5.75 Å². The Hall–Kier alpha value is -3.26. The van der Waals surface area contributed by atoms with Gasteiger partial charge in [0.1, 0.15) is 12.4 Å². The molecule has 9 heteroatoms. The van der Waals surface area contributed by atoms with E-state index in [1.807, 2.05) is 6.07 Å². The normalized spacial score (nSPS) is 11.1. The van der Waals surface area contributed by atoms with Gasteiger partial charge >= 0.3 is 12.2 Å². The van der Waals surface area contributed by atoms with Crippen LogP contribution in [0.25, 0.3) is 0 Å². The van der Waals surface area contributed by atoms with Gasteiger partial charge in [0.25, 0.3) is 0 Å². The summed E-state index contributed by atoms with van der Waals surface area (Å²) in [5.41, 5.74) is 1.29. The van der Waals surface area contributed by atoms with Crippen LogP contribution in [0, 0.1) is 0 Å². The summed E-state index contributed by atoms with van der Waals surface area (Å²) >= 11 is 5.92. The number of hydrogen-bond donors (Lipinski definition) is 2. The molecule has 0 unspecified atom stereocenters. The van der Waals surface area contributed by atoms with Gasteiger partial charge in [-0.15, -0.1) is 0 Å². The van der Waals surface area contributed by atoms with Crippen LogP contribution in [-0.2, 0) is 19.3 Å². The van der Waals surface area contributed by atoms with Gasteiger partial charge in [0.2, 0.25) is 0 Å². The van der Waals surface area contributed by atoms with Crippen molar-refractivity contribution in [3.63, 3.8) is 0 Å². The molecule has 0 bridgehead atoms. The number of benzene rings is 2. The summed E-state index contributed by atoms with van der Waals surface area (Å²) in [5, 5.41) is 5.49. The summed E-state index contributed by atoms with van der Waals surface area (Å²) in [5.74, 6) is -0.0523. The third kappa shape index (κ3) is 6.12. The molecule has 0 aliphatic carbocycles. The third-order valence-electron chi connectivity index (χ3n) is 4.04. The highest BCUT2D eigenvalue weighted by atomic mass is 35.5. The first-order chi connectivity index (χ1) is 14.3. The zero-order valence-corrected chi connectivity index (χ0v) is 16.3. The fraction of sp³-hybridized carbons (Fsp3) is 0.143. The van der Waals surface area contributed by atoms with Crippen LogP contribution in [0.15, 0.2) is 67.0 Å². The fourth-order valence-electron chi connectivity index (χ4n) is 2.50. The summed E-state index contributed by atoms with van der Waals surface area (Å²) < 4.78 is 43.9. The van der Waals surface area contributed by atoms with Crippen molar-refractivity contribution in [2.75, 3.05) is 5.32 Å². The zero-order chi connectivity index (χ0) is 21.6. The number of amides is 2. The van der Waals surface area contributed by atoms with Gasteiger partial charge in [-0.05, 0) is 47.5 Å². The Kier molecular flexibility index (Phi) is 6.79. The molecule has 0 saturated carbocycles. The van der Waals surface area contributed by atoms with Crippen molar-refractivity contribution in [3.05, 3.63) is 88.7 Å². The smallest absolute Gasteiger partial charge is 0.416 e. The first-order valence-corrected chi connectivity index (χ1v) is 9.21. The van der Waals surface area contributed by atoms with Gasteiger partial charge in [0.05, 0.1) is 10.6 Å². The van der Waals surface area contributed by atoms with Crippen molar-refractivity contribution in [2.24, 2.45) is 0 Å². The average Bonchev–Trinajstić information content (AvgIpc) is 2.72. The SMILES string of the molecule is O=C(NCc1cccnc1)Nc1ccc(COc2cc(C(F)(F)F)ccc2Cl)cc1. The number of hydrogen-bond acceptors (Lipinski definition) is 3. The van der Waals surface area contributed by atoms with Gasteiger partial charge in [-0.2, -0.15) is 13.2 Å². The molecule has 0 atom stereocenters. The molecule has 0 saturated heterocycles. The summed E-state index contributed by atoms with van der Waals surface area (Å²) in [4.78, 5) is 15.9. The number of alkyl halides is 3. The molecule has 1 aromatic heterocycles. The van der Waals surface area contributed by atoms with Crippen molar-refractivity contribution >= 4 is 23.3 Å². The topological polar surface area (TPSA) is 63.2 Å². The van der Waals surface area contributed by atoms with E-state index in [1.165, 1.54) is 0 Å². The molecule has 0 radical (unpaired) electrons. The number of ether oxygens (including phenoxy) is 1. The molecule has 2 amide bonds. The van der Waals surface area contributed by atoms with Crippen LogP contribution in [-0.4, -0.2) is 11.0 Å². The summed E-state index contributed by atoms with van der Waals surface area (Å²) in [6, 6.07) is 12.9. The number of carbonyl (C=O) groups is 1. The van der Waals surface area contributed by atoms with Gasteiger partial charge < -0.3 is 15.4 Å². The Morgan fingerprint density at radius 3 is 2.50 bits per heavy atom. The number of pyridine rings is 1. The lowest BCUT2D eigenvalue weighted by atomic mass is 10.2. The van der Waals surface area contributed by atoms with Crippen molar-refractivity contribution in [1.82, 2.24) is 10.3 Å². The Morgan fingerprint density at radius 1 is 1.07 bits per heavy atom. The lowest BCUT2D eigenvalue weighted by molar-refractivity contribution is -0.137. The van der Waals surface area contributed by atoms with E-state index < -0.39 is 11.7 Å². The van der Waals surface area contributed by atoms with Crippen LogP contribution < -0.4 is 15.4 Å². The number of urea groups is 1. The van der Waals surface area contributed by atoms with Crippen LogP contribution >= 0.6 is 11.6 Å². The molecule has 2 aromatic carbocycles. The number of rotatable bonds is 6. The second-order valence-electron chi connectivity index (χ2n) is 6.30. The molecule has 0 aliphatic rings. The molecule has 156 valence electrons. The second kappa shape index (κ2) is 9.49. The highest BCUT2D eigenvalue weighted by Crippen LogP contribution is 2.35. The van der Waals surface area contributed by atoms with E-state index in [0.717, 1.165) is 23.8 Å². The Balaban J connectivity index is 1.53.